The van der Waals surface area contributed by atoms with Gasteiger partial charge in [0.25, 0.3) is 0 Å². The van der Waals surface area contributed by atoms with Gasteiger partial charge in [0.05, 0.1) is 22.9 Å². The Hall–Kier alpha value is -1.20. The maximum absolute atomic E-state index is 4.58. The minimum atomic E-state index is 0. The van der Waals surface area contributed by atoms with Crippen molar-refractivity contribution < 1.29 is 0 Å². The van der Waals surface area contributed by atoms with Gasteiger partial charge in [-0.15, -0.1) is 35.3 Å². The summed E-state index contributed by atoms with van der Waals surface area (Å²) in [4.78, 5) is 13.3. The number of guanidine groups is 1. The largest absolute Gasteiger partial charge is 0.356 e. The minimum absolute atomic E-state index is 0. The van der Waals surface area contributed by atoms with Crippen LogP contribution in [0.25, 0.3) is 5.65 Å². The number of rotatable bonds is 5. The molecule has 0 radical (unpaired) electrons. The number of halogens is 2. The number of aromatic nitrogens is 3. The molecule has 9 heteroatoms. The topological polar surface area (TPSA) is 66.6 Å². The molecule has 0 amide bonds. The molecule has 0 aliphatic rings. The highest BCUT2D eigenvalue weighted by Crippen LogP contribution is 2.12. The van der Waals surface area contributed by atoms with E-state index in [2.05, 4.69) is 46.9 Å². The predicted octanol–water partition coefficient (Wildman–Crippen LogP) is 3.39. The molecule has 0 fully saturated rings. The van der Waals surface area contributed by atoms with E-state index in [1.807, 2.05) is 35.9 Å². The lowest BCUT2D eigenvalue weighted by Crippen LogP contribution is -2.37. The van der Waals surface area contributed by atoms with Crippen LogP contribution in [0.2, 0.25) is 0 Å². The molecule has 0 aliphatic heterocycles. The lowest BCUT2D eigenvalue weighted by atomic mass is 10.3. The third-order valence-corrected chi connectivity index (χ3v) is 4.76. The monoisotopic (exact) mass is 534 g/mol. The number of fused-ring (bicyclic) bond motifs is 1. The van der Waals surface area contributed by atoms with Crippen molar-refractivity contribution in [1.29, 1.82) is 0 Å². The molecule has 3 aromatic heterocycles. The summed E-state index contributed by atoms with van der Waals surface area (Å²) in [5.41, 5.74) is 3.01. The van der Waals surface area contributed by atoms with Crippen molar-refractivity contribution in [2.75, 3.05) is 13.6 Å². The number of imidazole rings is 1. The molecular weight excluding hydrogens is 515 g/mol. The van der Waals surface area contributed by atoms with Gasteiger partial charge in [-0.3, -0.25) is 4.99 Å². The van der Waals surface area contributed by atoms with Crippen LogP contribution in [0.4, 0.5) is 0 Å². The fraction of sp³-hybridized carbons (Fsp3) is 0.312. The number of thiazole rings is 1. The van der Waals surface area contributed by atoms with Gasteiger partial charge >= 0.3 is 0 Å². The van der Waals surface area contributed by atoms with Crippen LogP contribution in [0.3, 0.4) is 0 Å². The number of aryl methyl sites for hydroxylation is 1. The predicted molar refractivity (Wildman–Crippen MR) is 117 cm³/mol. The zero-order valence-corrected chi connectivity index (χ0v) is 18.7. The lowest BCUT2D eigenvalue weighted by molar-refractivity contribution is 0.779. The molecule has 0 atom stereocenters. The molecule has 0 aliphatic carbocycles. The maximum atomic E-state index is 4.58. The van der Waals surface area contributed by atoms with Gasteiger partial charge in [-0.25, -0.2) is 9.97 Å². The van der Waals surface area contributed by atoms with Gasteiger partial charge < -0.3 is 15.0 Å². The Kier molecular flexibility index (Phi) is 7.63. The van der Waals surface area contributed by atoms with Crippen molar-refractivity contribution in [3.8, 4) is 0 Å². The van der Waals surface area contributed by atoms with Crippen LogP contribution in [0.15, 0.2) is 39.4 Å². The molecule has 3 aromatic rings. The summed E-state index contributed by atoms with van der Waals surface area (Å²) in [5, 5.41) is 9.79. The Labute approximate surface area is 176 Å². The van der Waals surface area contributed by atoms with E-state index in [1.54, 1.807) is 18.4 Å². The molecule has 0 saturated heterocycles. The highest BCUT2D eigenvalue weighted by atomic mass is 127. The fourth-order valence-corrected chi connectivity index (χ4v) is 3.33. The van der Waals surface area contributed by atoms with Gasteiger partial charge in [-0.1, -0.05) is 0 Å². The van der Waals surface area contributed by atoms with Crippen LogP contribution in [-0.4, -0.2) is 33.9 Å². The molecule has 3 rings (SSSR count). The zero-order chi connectivity index (χ0) is 16.9. The van der Waals surface area contributed by atoms with Crippen molar-refractivity contribution in [2.24, 2.45) is 4.99 Å². The van der Waals surface area contributed by atoms with E-state index in [1.165, 1.54) is 0 Å². The number of nitrogens with zero attached hydrogens (tertiary/aromatic N) is 4. The van der Waals surface area contributed by atoms with E-state index in [9.17, 15) is 0 Å². The highest BCUT2D eigenvalue weighted by Gasteiger charge is 2.04. The maximum Gasteiger partial charge on any atom is 0.191 e. The third kappa shape index (κ3) is 5.65. The third-order valence-electron chi connectivity index (χ3n) is 3.47. The van der Waals surface area contributed by atoms with Crippen molar-refractivity contribution in [3.05, 3.63) is 50.8 Å². The van der Waals surface area contributed by atoms with Crippen LogP contribution in [0.5, 0.6) is 0 Å². The minimum Gasteiger partial charge on any atom is -0.356 e. The van der Waals surface area contributed by atoms with E-state index in [4.69, 9.17) is 0 Å². The first-order valence-electron chi connectivity index (χ1n) is 7.62. The molecule has 0 spiro atoms. The van der Waals surface area contributed by atoms with Crippen molar-refractivity contribution >= 4 is 62.9 Å². The summed E-state index contributed by atoms with van der Waals surface area (Å²) in [6.45, 7) is 3.44. The summed E-state index contributed by atoms with van der Waals surface area (Å²) in [6.07, 6.45) is 4.89. The fourth-order valence-electron chi connectivity index (χ4n) is 2.33. The van der Waals surface area contributed by atoms with Gasteiger partial charge in [0, 0.05) is 42.3 Å². The second-order valence-electron chi connectivity index (χ2n) is 5.31. The van der Waals surface area contributed by atoms with Crippen molar-refractivity contribution in [3.63, 3.8) is 0 Å². The zero-order valence-electron chi connectivity index (χ0n) is 14.0. The smallest absolute Gasteiger partial charge is 0.191 e. The second-order valence-corrected chi connectivity index (χ2v) is 7.28. The van der Waals surface area contributed by atoms with Crippen LogP contribution in [0.1, 0.15) is 16.4 Å². The molecule has 134 valence electrons. The summed E-state index contributed by atoms with van der Waals surface area (Å²) in [7, 11) is 1.77. The SMILES string of the molecule is CN=C(NCCc1csc(C)n1)NCc1cn2cc(Br)ccc2n1.I. The van der Waals surface area contributed by atoms with E-state index in [-0.39, 0.29) is 24.0 Å². The molecule has 0 bridgehead atoms. The second kappa shape index (κ2) is 9.48. The number of aliphatic imine (C=N–C) groups is 1. The quantitative estimate of drug-likeness (QED) is 0.299. The Morgan fingerprint density at radius 2 is 2.08 bits per heavy atom. The van der Waals surface area contributed by atoms with Gasteiger partial charge in [0.1, 0.15) is 5.65 Å². The van der Waals surface area contributed by atoms with Crippen molar-refractivity contribution in [1.82, 2.24) is 25.0 Å². The van der Waals surface area contributed by atoms with Crippen molar-refractivity contribution in [2.45, 2.75) is 19.9 Å². The lowest BCUT2D eigenvalue weighted by Gasteiger charge is -2.10. The van der Waals surface area contributed by atoms with Crippen LogP contribution >= 0.6 is 51.2 Å². The van der Waals surface area contributed by atoms with Gasteiger partial charge in [-0.2, -0.15) is 0 Å². The van der Waals surface area contributed by atoms with Gasteiger partial charge in [0.2, 0.25) is 0 Å². The van der Waals surface area contributed by atoms with Gasteiger partial charge in [-0.05, 0) is 35.0 Å². The first-order chi connectivity index (χ1) is 11.6. The molecule has 2 N–H and O–H groups in total. The number of nitrogens with one attached hydrogen (secondary N) is 2. The van der Waals surface area contributed by atoms with Crippen LogP contribution in [-0.2, 0) is 13.0 Å². The number of hydrogen-bond donors (Lipinski definition) is 2. The molecule has 0 aromatic carbocycles. The average Bonchev–Trinajstić information content (AvgIpc) is 3.16. The van der Waals surface area contributed by atoms with E-state index < -0.39 is 0 Å². The van der Waals surface area contributed by atoms with Crippen LogP contribution in [0, 0.1) is 6.92 Å². The first-order valence-corrected chi connectivity index (χ1v) is 9.30. The molecule has 0 saturated carbocycles. The standard InChI is InChI=1S/C16H19BrN6S.HI/c1-11-21-13(10-24-11)5-6-19-16(18-2)20-7-14-9-23-8-12(17)3-4-15(23)22-14;/h3-4,8-10H,5-7H2,1-2H3,(H2,18,19,20);1H. The molecule has 3 heterocycles. The Morgan fingerprint density at radius 1 is 1.24 bits per heavy atom. The number of hydrogen-bond acceptors (Lipinski definition) is 4. The summed E-state index contributed by atoms with van der Waals surface area (Å²) < 4.78 is 3.03. The molecule has 25 heavy (non-hydrogen) atoms. The summed E-state index contributed by atoms with van der Waals surface area (Å²) >= 11 is 5.15. The molecule has 0 unspecified atom stereocenters. The Morgan fingerprint density at radius 3 is 2.80 bits per heavy atom. The number of pyridine rings is 1. The summed E-state index contributed by atoms with van der Waals surface area (Å²) in [6, 6.07) is 3.97. The highest BCUT2D eigenvalue weighted by molar-refractivity contribution is 14.0. The van der Waals surface area contributed by atoms with E-state index in [0.29, 0.717) is 6.54 Å². The first kappa shape index (κ1) is 20.1. The molecule has 6 nitrogen and oxygen atoms in total. The Balaban J connectivity index is 0.00000225. The van der Waals surface area contributed by atoms with E-state index >= 15 is 0 Å². The Bertz CT molecular complexity index is 859. The molecular formula is C16H20BrIN6S. The van der Waals surface area contributed by atoms with Crippen LogP contribution < -0.4 is 10.6 Å². The van der Waals surface area contributed by atoms with Gasteiger partial charge in [0.15, 0.2) is 5.96 Å². The van der Waals surface area contributed by atoms with E-state index in [0.717, 1.165) is 45.4 Å². The summed E-state index contributed by atoms with van der Waals surface area (Å²) in [5.74, 6) is 0.764. The average molecular weight is 535 g/mol. The normalized spacial score (nSPS) is 11.4.